The van der Waals surface area contributed by atoms with E-state index in [1.54, 1.807) is 0 Å². The van der Waals surface area contributed by atoms with Gasteiger partial charge >= 0.3 is 5.97 Å². The summed E-state index contributed by atoms with van der Waals surface area (Å²) < 4.78 is 28.7. The lowest BCUT2D eigenvalue weighted by Crippen LogP contribution is -2.22. The number of rotatable bonds is 8. The van der Waals surface area contributed by atoms with Gasteiger partial charge in [-0.25, -0.2) is 8.42 Å². The fourth-order valence-electron chi connectivity index (χ4n) is 1.92. The van der Waals surface area contributed by atoms with Gasteiger partial charge in [0.1, 0.15) is 0 Å². The molecule has 0 spiro atoms. The standard InChI is InChI=1S/C11H20O5S/c12-11(13)6-2-1-3-8-17(14,15)9-10-5-4-7-16-10/h10H,1-9H2,(H,12,13). The molecule has 0 aromatic heterocycles. The predicted octanol–water partition coefficient (Wildman–Crippen LogP) is 1.23. The molecular weight excluding hydrogens is 244 g/mol. The molecule has 1 heterocycles. The number of carbonyl (C=O) groups is 1. The lowest BCUT2D eigenvalue weighted by atomic mass is 10.2. The average molecular weight is 264 g/mol. The molecule has 1 aliphatic rings. The van der Waals surface area contributed by atoms with Crippen LogP contribution in [0.4, 0.5) is 0 Å². The van der Waals surface area contributed by atoms with Crippen LogP contribution in [-0.4, -0.2) is 43.7 Å². The molecule has 0 radical (unpaired) electrons. The van der Waals surface area contributed by atoms with Gasteiger partial charge in [0.25, 0.3) is 0 Å². The van der Waals surface area contributed by atoms with Crippen molar-refractivity contribution in [3.05, 3.63) is 0 Å². The van der Waals surface area contributed by atoms with Gasteiger partial charge in [-0.05, 0) is 25.7 Å². The van der Waals surface area contributed by atoms with Crippen molar-refractivity contribution < 1.29 is 23.1 Å². The van der Waals surface area contributed by atoms with Crippen LogP contribution >= 0.6 is 0 Å². The van der Waals surface area contributed by atoms with Gasteiger partial charge in [-0.2, -0.15) is 0 Å². The van der Waals surface area contributed by atoms with E-state index in [1.807, 2.05) is 0 Å². The van der Waals surface area contributed by atoms with Crippen molar-refractivity contribution in [2.45, 2.75) is 44.6 Å². The van der Waals surface area contributed by atoms with E-state index in [9.17, 15) is 13.2 Å². The Morgan fingerprint density at radius 1 is 1.29 bits per heavy atom. The summed E-state index contributed by atoms with van der Waals surface area (Å²) in [5.41, 5.74) is 0. The fraction of sp³-hybridized carbons (Fsp3) is 0.909. The van der Waals surface area contributed by atoms with Gasteiger partial charge in [-0.3, -0.25) is 4.79 Å². The van der Waals surface area contributed by atoms with E-state index in [1.165, 1.54) is 0 Å². The summed E-state index contributed by atoms with van der Waals surface area (Å²) in [5.74, 6) is -0.564. The van der Waals surface area contributed by atoms with E-state index in [0.29, 0.717) is 25.9 Å². The van der Waals surface area contributed by atoms with Crippen LogP contribution in [-0.2, 0) is 19.4 Å². The lowest BCUT2D eigenvalue weighted by Gasteiger charge is -2.09. The van der Waals surface area contributed by atoms with Crippen molar-refractivity contribution in [1.82, 2.24) is 0 Å². The summed E-state index contributed by atoms with van der Waals surface area (Å²) >= 11 is 0. The van der Waals surface area contributed by atoms with Crippen LogP contribution in [0.2, 0.25) is 0 Å². The molecule has 1 atom stereocenters. The molecule has 1 rings (SSSR count). The van der Waals surface area contributed by atoms with E-state index < -0.39 is 15.8 Å². The predicted molar refractivity (Wildman–Crippen MR) is 63.7 cm³/mol. The molecule has 1 saturated heterocycles. The lowest BCUT2D eigenvalue weighted by molar-refractivity contribution is -0.137. The highest BCUT2D eigenvalue weighted by molar-refractivity contribution is 7.91. The van der Waals surface area contributed by atoms with Crippen LogP contribution in [0.3, 0.4) is 0 Å². The molecule has 1 aliphatic heterocycles. The maximum atomic E-state index is 11.7. The number of hydrogen-bond donors (Lipinski definition) is 1. The van der Waals surface area contributed by atoms with Crippen molar-refractivity contribution in [1.29, 1.82) is 0 Å². The molecule has 0 aliphatic carbocycles. The molecule has 6 heteroatoms. The average Bonchev–Trinajstić information content (AvgIpc) is 2.68. The van der Waals surface area contributed by atoms with Crippen LogP contribution in [0.15, 0.2) is 0 Å². The second-order valence-electron chi connectivity index (χ2n) is 4.45. The minimum Gasteiger partial charge on any atom is -0.481 e. The Morgan fingerprint density at radius 3 is 2.65 bits per heavy atom. The second kappa shape index (κ2) is 6.96. The van der Waals surface area contributed by atoms with Crippen molar-refractivity contribution in [2.75, 3.05) is 18.1 Å². The first-order valence-electron chi connectivity index (χ1n) is 6.03. The van der Waals surface area contributed by atoms with Gasteiger partial charge in [0, 0.05) is 13.0 Å². The van der Waals surface area contributed by atoms with E-state index in [4.69, 9.17) is 9.84 Å². The Bertz CT molecular complexity index is 330. The fourth-order valence-corrected chi connectivity index (χ4v) is 3.56. The topological polar surface area (TPSA) is 80.7 Å². The Hall–Kier alpha value is -0.620. The van der Waals surface area contributed by atoms with E-state index in [2.05, 4.69) is 0 Å². The molecule has 17 heavy (non-hydrogen) atoms. The van der Waals surface area contributed by atoms with Gasteiger partial charge in [-0.15, -0.1) is 0 Å². The molecule has 0 aromatic carbocycles. The summed E-state index contributed by atoms with van der Waals surface area (Å²) in [6.07, 6.45) is 3.51. The van der Waals surface area contributed by atoms with Crippen LogP contribution in [0, 0.1) is 0 Å². The van der Waals surface area contributed by atoms with Crippen LogP contribution < -0.4 is 0 Å². The van der Waals surface area contributed by atoms with Gasteiger partial charge < -0.3 is 9.84 Å². The zero-order valence-corrected chi connectivity index (χ0v) is 10.7. The van der Waals surface area contributed by atoms with E-state index in [-0.39, 0.29) is 24.0 Å². The number of carboxylic acids is 1. The Balaban J connectivity index is 2.13. The van der Waals surface area contributed by atoms with Crippen LogP contribution in [0.1, 0.15) is 38.5 Å². The molecular formula is C11H20O5S. The second-order valence-corrected chi connectivity index (χ2v) is 6.68. The number of sulfone groups is 1. The zero-order chi connectivity index (χ0) is 12.7. The summed E-state index contributed by atoms with van der Waals surface area (Å²) in [6, 6.07) is 0. The summed E-state index contributed by atoms with van der Waals surface area (Å²) in [6.45, 7) is 0.665. The van der Waals surface area contributed by atoms with Gasteiger partial charge in [0.2, 0.25) is 0 Å². The maximum absolute atomic E-state index is 11.7. The summed E-state index contributed by atoms with van der Waals surface area (Å²) in [7, 11) is -3.04. The molecule has 0 aromatic rings. The summed E-state index contributed by atoms with van der Waals surface area (Å²) in [4.78, 5) is 10.3. The number of aliphatic carboxylic acids is 1. The smallest absolute Gasteiger partial charge is 0.303 e. The third-order valence-corrected chi connectivity index (χ3v) is 4.60. The van der Waals surface area contributed by atoms with Gasteiger partial charge in [0.05, 0.1) is 17.6 Å². The monoisotopic (exact) mass is 264 g/mol. The Kier molecular flexibility index (Phi) is 5.91. The highest BCUT2D eigenvalue weighted by Crippen LogP contribution is 2.15. The number of unbranched alkanes of at least 4 members (excludes halogenated alkanes) is 2. The van der Waals surface area contributed by atoms with Crippen LogP contribution in [0.5, 0.6) is 0 Å². The quantitative estimate of drug-likeness (QED) is 0.667. The van der Waals surface area contributed by atoms with E-state index in [0.717, 1.165) is 12.8 Å². The van der Waals surface area contributed by atoms with Crippen LogP contribution in [0.25, 0.3) is 0 Å². The Labute approximate surface area is 102 Å². The highest BCUT2D eigenvalue weighted by atomic mass is 32.2. The van der Waals surface area contributed by atoms with Crippen molar-refractivity contribution in [3.63, 3.8) is 0 Å². The minimum atomic E-state index is -3.04. The molecule has 0 bridgehead atoms. The zero-order valence-electron chi connectivity index (χ0n) is 9.93. The minimum absolute atomic E-state index is 0.117. The summed E-state index contributed by atoms with van der Waals surface area (Å²) in [5, 5.41) is 8.43. The van der Waals surface area contributed by atoms with Crippen molar-refractivity contribution >= 4 is 15.8 Å². The van der Waals surface area contributed by atoms with Gasteiger partial charge in [0.15, 0.2) is 9.84 Å². The highest BCUT2D eigenvalue weighted by Gasteiger charge is 2.22. The molecule has 1 unspecified atom stereocenters. The third kappa shape index (κ3) is 6.63. The first-order chi connectivity index (χ1) is 7.99. The molecule has 5 nitrogen and oxygen atoms in total. The molecule has 1 fully saturated rings. The molecule has 0 saturated carbocycles. The molecule has 1 N–H and O–H groups in total. The largest absolute Gasteiger partial charge is 0.481 e. The number of ether oxygens (including phenoxy) is 1. The molecule has 100 valence electrons. The van der Waals surface area contributed by atoms with E-state index >= 15 is 0 Å². The van der Waals surface area contributed by atoms with Gasteiger partial charge in [-0.1, -0.05) is 6.42 Å². The first-order valence-corrected chi connectivity index (χ1v) is 7.85. The Morgan fingerprint density at radius 2 is 2.06 bits per heavy atom. The third-order valence-electron chi connectivity index (χ3n) is 2.81. The molecule has 0 amide bonds. The first kappa shape index (κ1) is 14.4. The van der Waals surface area contributed by atoms with Crippen molar-refractivity contribution in [3.8, 4) is 0 Å². The SMILES string of the molecule is O=C(O)CCCCCS(=O)(=O)CC1CCCO1. The number of carboxylic acid groups (broad SMARTS) is 1. The number of hydrogen-bond acceptors (Lipinski definition) is 4. The normalized spacial score (nSPS) is 20.6. The maximum Gasteiger partial charge on any atom is 0.303 e. The van der Waals surface area contributed by atoms with Crippen molar-refractivity contribution in [2.24, 2.45) is 0 Å².